The lowest BCUT2D eigenvalue weighted by Gasteiger charge is -2.12. The molecule has 2 amide bonds. The molecule has 0 bridgehead atoms. The lowest BCUT2D eigenvalue weighted by atomic mass is 9.98. The maximum atomic E-state index is 12.0. The molecule has 0 radical (unpaired) electrons. The molecule has 0 spiro atoms. The molecule has 22 heavy (non-hydrogen) atoms. The Morgan fingerprint density at radius 1 is 0.955 bits per heavy atom. The molecule has 0 saturated heterocycles. The molecule has 3 nitrogen and oxygen atoms in total. The van der Waals surface area contributed by atoms with Crippen LogP contribution in [0.3, 0.4) is 0 Å². The summed E-state index contributed by atoms with van der Waals surface area (Å²) in [6.45, 7) is -0.0651. The van der Waals surface area contributed by atoms with E-state index in [-0.39, 0.29) is 12.6 Å². The molecule has 116 valence electrons. The van der Waals surface area contributed by atoms with E-state index < -0.39 is 6.67 Å². The molecule has 0 unspecified atom stereocenters. The highest BCUT2D eigenvalue weighted by atomic mass is 35.5. The topological polar surface area (TPSA) is 41.1 Å². The van der Waals surface area contributed by atoms with Gasteiger partial charge in [0.1, 0.15) is 6.67 Å². The molecule has 5 heteroatoms. The molecule has 2 N–H and O–H groups in total. The Kier molecular flexibility index (Phi) is 6.22. The fourth-order valence-corrected chi connectivity index (χ4v) is 2.45. The van der Waals surface area contributed by atoms with Gasteiger partial charge in [-0.3, -0.25) is 0 Å². The first-order valence-electron chi connectivity index (χ1n) is 7.13. The van der Waals surface area contributed by atoms with Crippen molar-refractivity contribution in [1.29, 1.82) is 0 Å². The fraction of sp³-hybridized carbons (Fsp3) is 0.235. The first-order valence-corrected chi connectivity index (χ1v) is 7.50. The molecule has 0 aliphatic heterocycles. The minimum Gasteiger partial charge on any atom is -0.338 e. The number of carbonyl (C=O) groups is 1. The highest BCUT2D eigenvalue weighted by Gasteiger charge is 2.08. The molecule has 0 aromatic heterocycles. The lowest BCUT2D eigenvalue weighted by molar-refractivity contribution is 0.240. The fourth-order valence-electron chi connectivity index (χ4n) is 2.21. The van der Waals surface area contributed by atoms with Gasteiger partial charge in [0, 0.05) is 23.7 Å². The van der Waals surface area contributed by atoms with E-state index in [9.17, 15) is 9.18 Å². The number of amides is 2. The normalized spacial score (nSPS) is 10.3. The minimum atomic E-state index is -0.567. The molecule has 0 saturated carbocycles. The largest absolute Gasteiger partial charge is 0.338 e. The van der Waals surface area contributed by atoms with Crippen LogP contribution >= 0.6 is 11.6 Å². The van der Waals surface area contributed by atoms with E-state index in [0.717, 1.165) is 16.7 Å². The van der Waals surface area contributed by atoms with E-state index in [1.807, 2.05) is 48.5 Å². The van der Waals surface area contributed by atoms with Crippen LogP contribution in [0, 0.1) is 0 Å². The second-order valence-corrected chi connectivity index (χ2v) is 5.17. The molecule has 0 atom stereocenters. The number of halogens is 2. The number of alkyl halides is 1. The zero-order valence-electron chi connectivity index (χ0n) is 12.1. The van der Waals surface area contributed by atoms with Gasteiger partial charge in [-0.1, -0.05) is 54.1 Å². The maximum absolute atomic E-state index is 12.0. The van der Waals surface area contributed by atoms with Crippen molar-refractivity contribution in [2.75, 3.05) is 19.8 Å². The van der Waals surface area contributed by atoms with Crippen molar-refractivity contribution in [3.63, 3.8) is 0 Å². The van der Waals surface area contributed by atoms with Crippen LogP contribution in [0.5, 0.6) is 0 Å². The number of benzene rings is 2. The highest BCUT2D eigenvalue weighted by molar-refractivity contribution is 6.33. The summed E-state index contributed by atoms with van der Waals surface area (Å²) >= 11 is 6.26. The molecular formula is C17H18ClFN2O. The summed E-state index contributed by atoms with van der Waals surface area (Å²) in [5.74, 6) is 0. The Bertz CT molecular complexity index is 634. The van der Waals surface area contributed by atoms with E-state index in [1.165, 1.54) is 0 Å². The zero-order valence-corrected chi connectivity index (χ0v) is 12.9. The predicted octanol–water partition coefficient (Wildman–Crippen LogP) is 3.82. The highest BCUT2D eigenvalue weighted by Crippen LogP contribution is 2.30. The third-order valence-corrected chi connectivity index (χ3v) is 3.57. The van der Waals surface area contributed by atoms with Crippen LogP contribution in [-0.4, -0.2) is 25.8 Å². The van der Waals surface area contributed by atoms with Crippen molar-refractivity contribution >= 4 is 17.6 Å². The monoisotopic (exact) mass is 320 g/mol. The zero-order chi connectivity index (χ0) is 15.8. The van der Waals surface area contributed by atoms with Gasteiger partial charge in [-0.05, 0) is 23.6 Å². The lowest BCUT2D eigenvalue weighted by Crippen LogP contribution is -2.37. The first kappa shape index (κ1) is 16.3. The van der Waals surface area contributed by atoms with Crippen molar-refractivity contribution < 1.29 is 9.18 Å². The maximum Gasteiger partial charge on any atom is 0.314 e. The Balaban J connectivity index is 2.04. The Morgan fingerprint density at radius 2 is 1.59 bits per heavy atom. The third kappa shape index (κ3) is 4.46. The van der Waals surface area contributed by atoms with Crippen LogP contribution < -0.4 is 10.6 Å². The molecule has 2 aromatic rings. The van der Waals surface area contributed by atoms with Crippen LogP contribution in [0.1, 0.15) is 5.56 Å². The summed E-state index contributed by atoms with van der Waals surface area (Å²) in [6.07, 6.45) is 0.671. The Morgan fingerprint density at radius 3 is 2.32 bits per heavy atom. The van der Waals surface area contributed by atoms with Gasteiger partial charge < -0.3 is 10.6 Å². The molecule has 0 heterocycles. The average Bonchev–Trinajstić information content (AvgIpc) is 2.54. The number of rotatable bonds is 6. The van der Waals surface area contributed by atoms with Gasteiger partial charge in [0.2, 0.25) is 0 Å². The molecule has 0 fully saturated rings. The Hall–Kier alpha value is -2.07. The number of hydrogen-bond acceptors (Lipinski definition) is 1. The van der Waals surface area contributed by atoms with Gasteiger partial charge in [-0.25, -0.2) is 9.18 Å². The van der Waals surface area contributed by atoms with Crippen molar-refractivity contribution in [2.24, 2.45) is 0 Å². The quantitative estimate of drug-likeness (QED) is 0.834. The van der Waals surface area contributed by atoms with Gasteiger partial charge in [0.25, 0.3) is 0 Å². The van der Waals surface area contributed by atoms with Crippen LogP contribution in [-0.2, 0) is 6.42 Å². The molecule has 2 aromatic carbocycles. The summed E-state index contributed by atoms with van der Waals surface area (Å²) in [7, 11) is 0. The van der Waals surface area contributed by atoms with E-state index in [2.05, 4.69) is 10.6 Å². The number of hydrogen-bond donors (Lipinski definition) is 2. The average molecular weight is 321 g/mol. The Labute approximate surface area is 134 Å². The van der Waals surface area contributed by atoms with Crippen LogP contribution in [0.2, 0.25) is 5.02 Å². The van der Waals surface area contributed by atoms with Gasteiger partial charge in [-0.2, -0.15) is 0 Å². The van der Waals surface area contributed by atoms with Crippen molar-refractivity contribution in [3.8, 4) is 11.1 Å². The standard InChI is InChI=1S/C17H18ClFN2O/c18-16-8-4-3-7-15(16)14-6-2-1-5-13(14)9-11-20-17(22)21-12-10-19/h1-8H,9-12H2,(H2,20,21,22). The van der Waals surface area contributed by atoms with Gasteiger partial charge >= 0.3 is 6.03 Å². The molecule has 0 aliphatic rings. The SMILES string of the molecule is O=C(NCCF)NCCc1ccccc1-c1ccccc1Cl. The summed E-state index contributed by atoms with van der Waals surface area (Å²) in [5.41, 5.74) is 3.13. The van der Waals surface area contributed by atoms with Crippen molar-refractivity contribution in [3.05, 3.63) is 59.1 Å². The summed E-state index contributed by atoms with van der Waals surface area (Å²) in [4.78, 5) is 11.4. The second-order valence-electron chi connectivity index (χ2n) is 4.76. The minimum absolute atomic E-state index is 0.0298. The second kappa shape index (κ2) is 8.39. The number of urea groups is 1. The van der Waals surface area contributed by atoms with Gasteiger partial charge in [0.15, 0.2) is 0 Å². The van der Waals surface area contributed by atoms with Gasteiger partial charge in [0.05, 0.1) is 0 Å². The summed E-state index contributed by atoms with van der Waals surface area (Å²) in [5, 5.41) is 5.84. The molecule has 2 rings (SSSR count). The molecular weight excluding hydrogens is 303 g/mol. The van der Waals surface area contributed by atoms with E-state index in [1.54, 1.807) is 0 Å². The predicted molar refractivity (Wildman–Crippen MR) is 88.0 cm³/mol. The van der Waals surface area contributed by atoms with E-state index in [4.69, 9.17) is 11.6 Å². The van der Waals surface area contributed by atoms with Crippen LogP contribution in [0.4, 0.5) is 9.18 Å². The summed E-state index contributed by atoms with van der Waals surface area (Å²) < 4.78 is 12.0. The number of carbonyl (C=O) groups excluding carboxylic acids is 1. The van der Waals surface area contributed by atoms with Gasteiger partial charge in [-0.15, -0.1) is 0 Å². The summed E-state index contributed by atoms with van der Waals surface area (Å²) in [6, 6.07) is 15.3. The van der Waals surface area contributed by atoms with E-state index >= 15 is 0 Å². The van der Waals surface area contributed by atoms with E-state index in [0.29, 0.717) is 18.0 Å². The van der Waals surface area contributed by atoms with Crippen LogP contribution in [0.15, 0.2) is 48.5 Å². The third-order valence-electron chi connectivity index (χ3n) is 3.24. The van der Waals surface area contributed by atoms with Crippen LogP contribution in [0.25, 0.3) is 11.1 Å². The smallest absolute Gasteiger partial charge is 0.314 e. The molecule has 0 aliphatic carbocycles. The van der Waals surface area contributed by atoms with Crippen molar-refractivity contribution in [2.45, 2.75) is 6.42 Å². The van der Waals surface area contributed by atoms with Crippen molar-refractivity contribution in [1.82, 2.24) is 10.6 Å². The first-order chi connectivity index (χ1) is 10.7. The number of nitrogens with one attached hydrogen (secondary N) is 2.